The molecule has 1 fully saturated rings. The zero-order valence-corrected chi connectivity index (χ0v) is 12.4. The lowest BCUT2D eigenvalue weighted by Crippen LogP contribution is -2.55. The number of carbonyl (C=O) groups excluding carboxylic acids is 1. The first-order valence-corrected chi connectivity index (χ1v) is 8.41. The van der Waals surface area contributed by atoms with Crippen LogP contribution in [0.1, 0.15) is 6.92 Å². The van der Waals surface area contributed by atoms with Gasteiger partial charge in [-0.2, -0.15) is 8.42 Å². The van der Waals surface area contributed by atoms with E-state index in [1.807, 2.05) is 12.1 Å². The number of nitrogens with zero attached hydrogens (tertiary/aromatic N) is 2. The number of hydrogen-bond acceptors (Lipinski definition) is 6. The van der Waals surface area contributed by atoms with Crippen molar-refractivity contribution in [3.63, 3.8) is 0 Å². The molecule has 1 aliphatic rings. The Morgan fingerprint density at radius 2 is 2.15 bits per heavy atom. The first-order chi connectivity index (χ1) is 9.50. The number of piperazine rings is 1. The van der Waals surface area contributed by atoms with Gasteiger partial charge in [-0.1, -0.05) is 12.1 Å². The second-order valence-corrected chi connectivity index (χ2v) is 7.61. The third kappa shape index (κ3) is 2.09. The van der Waals surface area contributed by atoms with Crippen LogP contribution >= 0.6 is 11.3 Å². The van der Waals surface area contributed by atoms with Gasteiger partial charge in [0.05, 0.1) is 16.3 Å². The number of amides is 1. The van der Waals surface area contributed by atoms with Crippen molar-refractivity contribution in [2.75, 3.05) is 13.1 Å². The summed E-state index contributed by atoms with van der Waals surface area (Å²) in [6, 6.07) is 6.71. The van der Waals surface area contributed by atoms with Crippen molar-refractivity contribution >= 4 is 37.5 Å². The van der Waals surface area contributed by atoms with Gasteiger partial charge in [0.15, 0.2) is 0 Å². The molecule has 1 unspecified atom stereocenters. The minimum Gasteiger partial charge on any atom is -0.304 e. The van der Waals surface area contributed by atoms with Crippen molar-refractivity contribution in [2.24, 2.45) is 0 Å². The molecule has 0 spiro atoms. The Morgan fingerprint density at radius 3 is 2.90 bits per heavy atom. The number of benzene rings is 1. The van der Waals surface area contributed by atoms with Crippen molar-refractivity contribution in [3.05, 3.63) is 24.3 Å². The number of hydrogen-bond donors (Lipinski definition) is 1. The van der Waals surface area contributed by atoms with Crippen LogP contribution < -0.4 is 5.32 Å². The molecule has 0 bridgehead atoms. The molecule has 2 heterocycles. The maximum Gasteiger partial charge on any atom is 0.293 e. The molecule has 1 N–H and O–H groups in total. The quantitative estimate of drug-likeness (QED) is 0.887. The van der Waals surface area contributed by atoms with Crippen LogP contribution in [0.5, 0.6) is 0 Å². The number of para-hydroxylation sites is 1. The summed E-state index contributed by atoms with van der Waals surface area (Å²) < 4.78 is 26.8. The van der Waals surface area contributed by atoms with E-state index in [0.29, 0.717) is 12.1 Å². The van der Waals surface area contributed by atoms with Gasteiger partial charge in [0.1, 0.15) is 0 Å². The third-order valence-electron chi connectivity index (χ3n) is 3.17. The predicted molar refractivity (Wildman–Crippen MR) is 76.0 cm³/mol. The predicted octanol–water partition coefficient (Wildman–Crippen LogP) is 0.805. The van der Waals surface area contributed by atoms with Crippen LogP contribution in [-0.4, -0.2) is 42.7 Å². The summed E-state index contributed by atoms with van der Waals surface area (Å²) in [5.74, 6) is -0.435. The highest BCUT2D eigenvalue weighted by Crippen LogP contribution is 2.28. The zero-order valence-electron chi connectivity index (χ0n) is 10.7. The van der Waals surface area contributed by atoms with E-state index in [-0.39, 0.29) is 10.9 Å². The van der Waals surface area contributed by atoms with Gasteiger partial charge >= 0.3 is 0 Å². The van der Waals surface area contributed by atoms with Gasteiger partial charge in [-0.25, -0.2) is 9.29 Å². The molecular formula is C12H13N3O3S2. The van der Waals surface area contributed by atoms with Crippen LogP contribution in [-0.2, 0) is 14.8 Å². The van der Waals surface area contributed by atoms with Gasteiger partial charge in [0.2, 0.25) is 4.34 Å². The van der Waals surface area contributed by atoms with E-state index in [9.17, 15) is 13.2 Å². The number of thiazole rings is 1. The molecule has 1 atom stereocenters. The SMILES string of the molecule is CC1NCCN(S(=O)(=O)c2nc3ccccc3s2)C1=O. The number of sulfonamides is 1. The molecule has 0 radical (unpaired) electrons. The normalized spacial score (nSPS) is 20.6. The molecule has 6 nitrogen and oxygen atoms in total. The molecule has 0 aliphatic carbocycles. The lowest BCUT2D eigenvalue weighted by atomic mass is 10.2. The molecule has 8 heteroatoms. The summed E-state index contributed by atoms with van der Waals surface area (Å²) >= 11 is 1.09. The average Bonchev–Trinajstić information content (AvgIpc) is 2.86. The van der Waals surface area contributed by atoms with E-state index >= 15 is 0 Å². The summed E-state index contributed by atoms with van der Waals surface area (Å²) in [4.78, 5) is 16.2. The summed E-state index contributed by atoms with van der Waals surface area (Å²) in [5, 5.41) is 2.94. The number of aromatic nitrogens is 1. The summed E-state index contributed by atoms with van der Waals surface area (Å²) in [6.45, 7) is 2.25. The van der Waals surface area contributed by atoms with Crippen LogP contribution in [0.15, 0.2) is 28.6 Å². The summed E-state index contributed by atoms with van der Waals surface area (Å²) in [5.41, 5.74) is 0.631. The zero-order chi connectivity index (χ0) is 14.3. The molecule has 106 valence electrons. The molecule has 1 aliphatic heterocycles. The van der Waals surface area contributed by atoms with Crippen LogP contribution in [0, 0.1) is 0 Å². The first kappa shape index (κ1) is 13.5. The van der Waals surface area contributed by atoms with E-state index in [2.05, 4.69) is 10.3 Å². The van der Waals surface area contributed by atoms with Crippen molar-refractivity contribution < 1.29 is 13.2 Å². The van der Waals surface area contributed by atoms with Crippen LogP contribution in [0.3, 0.4) is 0 Å². The minimum atomic E-state index is -3.85. The maximum absolute atomic E-state index is 12.5. The maximum atomic E-state index is 12.5. The van der Waals surface area contributed by atoms with Crippen molar-refractivity contribution in [1.29, 1.82) is 0 Å². The molecule has 1 aromatic carbocycles. The summed E-state index contributed by atoms with van der Waals surface area (Å²) in [6.07, 6.45) is 0. The molecule has 0 saturated carbocycles. The average molecular weight is 311 g/mol. The van der Waals surface area contributed by atoms with Crippen LogP contribution in [0.2, 0.25) is 0 Å². The summed E-state index contributed by atoms with van der Waals surface area (Å²) in [7, 11) is -3.85. The molecule has 1 amide bonds. The Hall–Kier alpha value is -1.51. The topological polar surface area (TPSA) is 79.4 Å². The van der Waals surface area contributed by atoms with E-state index in [4.69, 9.17) is 0 Å². The standard InChI is InChI=1S/C12H13N3O3S2/c1-8-11(16)15(7-6-13-8)20(17,18)12-14-9-4-2-3-5-10(9)19-12/h2-5,8,13H,6-7H2,1H3. The molecule has 1 saturated heterocycles. The minimum absolute atomic E-state index is 0.0267. The molecule has 2 aromatic rings. The van der Waals surface area contributed by atoms with E-state index < -0.39 is 22.0 Å². The lowest BCUT2D eigenvalue weighted by Gasteiger charge is -2.29. The Balaban J connectivity index is 2.05. The molecule has 1 aromatic heterocycles. The lowest BCUT2D eigenvalue weighted by molar-refractivity contribution is -0.129. The number of fused-ring (bicyclic) bond motifs is 1. The van der Waals surface area contributed by atoms with Gasteiger partial charge in [-0.05, 0) is 19.1 Å². The molecule has 3 rings (SSSR count). The highest BCUT2D eigenvalue weighted by molar-refractivity contribution is 7.91. The monoisotopic (exact) mass is 311 g/mol. The first-order valence-electron chi connectivity index (χ1n) is 6.16. The largest absolute Gasteiger partial charge is 0.304 e. The fourth-order valence-electron chi connectivity index (χ4n) is 2.09. The van der Waals surface area contributed by atoms with Gasteiger partial charge < -0.3 is 5.32 Å². The fourth-order valence-corrected chi connectivity index (χ4v) is 4.88. The van der Waals surface area contributed by atoms with Gasteiger partial charge in [0.25, 0.3) is 15.9 Å². The third-order valence-corrected chi connectivity index (χ3v) is 6.36. The highest BCUT2D eigenvalue weighted by atomic mass is 32.2. The van der Waals surface area contributed by atoms with Gasteiger partial charge in [0, 0.05) is 13.1 Å². The Morgan fingerprint density at radius 1 is 1.40 bits per heavy atom. The van der Waals surface area contributed by atoms with E-state index in [1.54, 1.807) is 19.1 Å². The van der Waals surface area contributed by atoms with Crippen LogP contribution in [0.25, 0.3) is 10.2 Å². The Labute approximate surface area is 120 Å². The molecule has 20 heavy (non-hydrogen) atoms. The van der Waals surface area contributed by atoms with Crippen molar-refractivity contribution in [1.82, 2.24) is 14.6 Å². The number of carbonyl (C=O) groups is 1. The van der Waals surface area contributed by atoms with Gasteiger partial charge in [-0.15, -0.1) is 11.3 Å². The van der Waals surface area contributed by atoms with Crippen LogP contribution in [0.4, 0.5) is 0 Å². The van der Waals surface area contributed by atoms with Gasteiger partial charge in [-0.3, -0.25) is 4.79 Å². The number of rotatable bonds is 2. The smallest absolute Gasteiger partial charge is 0.293 e. The van der Waals surface area contributed by atoms with E-state index in [0.717, 1.165) is 20.3 Å². The highest BCUT2D eigenvalue weighted by Gasteiger charge is 2.36. The van der Waals surface area contributed by atoms with Crippen molar-refractivity contribution in [2.45, 2.75) is 17.3 Å². The second-order valence-electron chi connectivity index (χ2n) is 4.54. The second kappa shape index (κ2) is 4.80. The fraction of sp³-hybridized carbons (Fsp3) is 0.333. The molecular weight excluding hydrogens is 298 g/mol. The number of nitrogens with one attached hydrogen (secondary N) is 1. The van der Waals surface area contributed by atoms with E-state index in [1.165, 1.54) is 0 Å². The van der Waals surface area contributed by atoms with Crippen molar-refractivity contribution in [3.8, 4) is 0 Å². The Kier molecular flexibility index (Phi) is 3.23. The Bertz CT molecular complexity index is 736.